The first-order chi connectivity index (χ1) is 13.5. The molecule has 1 saturated carbocycles. The largest absolute Gasteiger partial charge is 0.479 e. The number of rotatable bonds is 6. The van der Waals surface area contributed by atoms with Gasteiger partial charge in [-0.3, -0.25) is 4.79 Å². The van der Waals surface area contributed by atoms with Gasteiger partial charge in [0.1, 0.15) is 12.4 Å². The summed E-state index contributed by atoms with van der Waals surface area (Å²) in [6, 6.07) is 0. The summed E-state index contributed by atoms with van der Waals surface area (Å²) in [6.07, 6.45) is 12.7. The Kier molecular flexibility index (Phi) is 6.68. The van der Waals surface area contributed by atoms with Crippen LogP contribution >= 0.6 is 0 Å². The highest BCUT2D eigenvalue weighted by molar-refractivity contribution is 5.94. The molecular formula is C23H30O6. The lowest BCUT2D eigenvalue weighted by atomic mass is 9.46. The van der Waals surface area contributed by atoms with Crippen LogP contribution in [0, 0.1) is 16.7 Å². The molecule has 158 valence electrons. The number of hydrogen-bond acceptors (Lipinski definition) is 5. The molecule has 2 N–H and O–H groups in total. The van der Waals surface area contributed by atoms with E-state index in [1.807, 2.05) is 32.9 Å². The quantitative estimate of drug-likeness (QED) is 0.306. The lowest BCUT2D eigenvalue weighted by Crippen LogP contribution is -2.66. The molecule has 0 bridgehead atoms. The Bertz CT molecular complexity index is 787. The average molecular weight is 402 g/mol. The average Bonchev–Trinajstić information content (AvgIpc) is 2.63. The minimum Gasteiger partial charge on any atom is -0.479 e. The van der Waals surface area contributed by atoms with Gasteiger partial charge in [-0.2, -0.15) is 0 Å². The van der Waals surface area contributed by atoms with E-state index in [0.29, 0.717) is 19.1 Å². The molecule has 0 saturated heterocycles. The summed E-state index contributed by atoms with van der Waals surface area (Å²) in [5, 5.41) is 21.0. The first-order valence-electron chi connectivity index (χ1n) is 9.84. The van der Waals surface area contributed by atoms with Crippen molar-refractivity contribution in [2.45, 2.75) is 58.7 Å². The predicted molar refractivity (Wildman–Crippen MR) is 109 cm³/mol. The highest BCUT2D eigenvalue weighted by atomic mass is 16.5. The molecule has 0 heterocycles. The van der Waals surface area contributed by atoms with Crippen molar-refractivity contribution in [3.05, 3.63) is 48.1 Å². The molecule has 0 aromatic carbocycles. The fourth-order valence-electron chi connectivity index (χ4n) is 5.16. The second-order valence-electron chi connectivity index (χ2n) is 8.66. The summed E-state index contributed by atoms with van der Waals surface area (Å²) in [6.45, 7) is 7.52. The van der Waals surface area contributed by atoms with E-state index in [-0.39, 0.29) is 5.57 Å². The van der Waals surface area contributed by atoms with Crippen molar-refractivity contribution in [2.75, 3.05) is 0 Å². The molecule has 2 aliphatic rings. The number of aliphatic carboxylic acids is 1. The third kappa shape index (κ3) is 3.99. The Hall–Kier alpha value is -2.47. The van der Waals surface area contributed by atoms with E-state index in [0.717, 1.165) is 6.42 Å². The number of fused-ring (bicyclic) bond motifs is 1. The zero-order valence-corrected chi connectivity index (χ0v) is 17.4. The second kappa shape index (κ2) is 8.49. The molecule has 2 aliphatic carbocycles. The van der Waals surface area contributed by atoms with Gasteiger partial charge in [0.25, 0.3) is 0 Å². The molecule has 4 atom stereocenters. The Balaban J connectivity index is 2.47. The van der Waals surface area contributed by atoms with Crippen LogP contribution in [-0.4, -0.2) is 40.1 Å². The molecule has 0 aliphatic heterocycles. The Morgan fingerprint density at radius 1 is 1.14 bits per heavy atom. The van der Waals surface area contributed by atoms with Gasteiger partial charge in [-0.1, -0.05) is 57.6 Å². The fourth-order valence-corrected chi connectivity index (χ4v) is 5.16. The molecule has 0 radical (unpaired) electrons. The first kappa shape index (κ1) is 22.8. The Morgan fingerprint density at radius 2 is 1.79 bits per heavy atom. The maximum Gasteiger partial charge on any atom is 0.341 e. The molecular weight excluding hydrogens is 372 g/mol. The second-order valence-corrected chi connectivity index (χ2v) is 8.66. The summed E-state index contributed by atoms with van der Waals surface area (Å²) < 4.78 is 5.66. The van der Waals surface area contributed by atoms with Crippen molar-refractivity contribution >= 4 is 18.2 Å². The van der Waals surface area contributed by atoms with Gasteiger partial charge in [0.2, 0.25) is 0 Å². The highest BCUT2D eigenvalue weighted by Gasteiger charge is 2.67. The summed E-state index contributed by atoms with van der Waals surface area (Å²) in [5.74, 6) is -2.52. The maximum absolute atomic E-state index is 12.4. The molecule has 0 aromatic heterocycles. The van der Waals surface area contributed by atoms with E-state index < -0.39 is 40.4 Å². The van der Waals surface area contributed by atoms with Crippen LogP contribution < -0.4 is 0 Å². The summed E-state index contributed by atoms with van der Waals surface area (Å²) in [4.78, 5) is 36.2. The zero-order chi connectivity index (χ0) is 21.9. The van der Waals surface area contributed by atoms with Gasteiger partial charge in [-0.25, -0.2) is 9.59 Å². The number of carbonyl (C=O) groups is 3. The number of aldehydes is 1. The van der Waals surface area contributed by atoms with E-state index in [9.17, 15) is 24.6 Å². The van der Waals surface area contributed by atoms with E-state index in [4.69, 9.17) is 4.74 Å². The number of esters is 1. The molecule has 0 amide bonds. The van der Waals surface area contributed by atoms with Crippen LogP contribution in [0.1, 0.15) is 47.0 Å². The van der Waals surface area contributed by atoms with Gasteiger partial charge < -0.3 is 14.9 Å². The minimum atomic E-state index is -2.33. The smallest absolute Gasteiger partial charge is 0.341 e. The molecule has 29 heavy (non-hydrogen) atoms. The Morgan fingerprint density at radius 3 is 2.38 bits per heavy atom. The van der Waals surface area contributed by atoms with Crippen molar-refractivity contribution < 1.29 is 29.3 Å². The van der Waals surface area contributed by atoms with Crippen molar-refractivity contribution in [1.82, 2.24) is 0 Å². The van der Waals surface area contributed by atoms with Gasteiger partial charge in [-0.15, -0.1) is 0 Å². The predicted octanol–water partition coefficient (Wildman–Crippen LogP) is 3.37. The lowest BCUT2D eigenvalue weighted by molar-refractivity contribution is -0.202. The van der Waals surface area contributed by atoms with Crippen molar-refractivity contribution in [1.29, 1.82) is 0 Å². The summed E-state index contributed by atoms with van der Waals surface area (Å²) in [5.41, 5.74) is -4.16. The number of aliphatic hydroxyl groups is 1. The zero-order valence-electron chi connectivity index (χ0n) is 17.4. The fraction of sp³-hybridized carbons (Fsp3) is 0.522. The molecule has 0 spiro atoms. The number of allylic oxidation sites excluding steroid dienone is 5. The van der Waals surface area contributed by atoms with Gasteiger partial charge in [0.15, 0.2) is 5.60 Å². The van der Waals surface area contributed by atoms with Crippen LogP contribution in [0.3, 0.4) is 0 Å². The number of ether oxygens (including phenoxy) is 1. The van der Waals surface area contributed by atoms with Crippen LogP contribution in [0.5, 0.6) is 0 Å². The number of carboxylic acid groups (broad SMARTS) is 1. The van der Waals surface area contributed by atoms with Crippen molar-refractivity contribution in [3.8, 4) is 0 Å². The van der Waals surface area contributed by atoms with Gasteiger partial charge in [0.05, 0.1) is 0 Å². The molecule has 4 unspecified atom stereocenters. The first-order valence-corrected chi connectivity index (χ1v) is 9.84. The normalized spacial score (nSPS) is 34.2. The van der Waals surface area contributed by atoms with Crippen LogP contribution in [0.4, 0.5) is 0 Å². The minimum absolute atomic E-state index is 0.267. The van der Waals surface area contributed by atoms with E-state index in [1.165, 1.54) is 12.2 Å². The van der Waals surface area contributed by atoms with Gasteiger partial charge in [-0.05, 0) is 31.3 Å². The monoisotopic (exact) mass is 402 g/mol. The van der Waals surface area contributed by atoms with Crippen LogP contribution in [-0.2, 0) is 19.1 Å². The highest BCUT2D eigenvalue weighted by Crippen LogP contribution is 2.61. The van der Waals surface area contributed by atoms with Crippen molar-refractivity contribution in [3.63, 3.8) is 0 Å². The van der Waals surface area contributed by atoms with E-state index >= 15 is 0 Å². The lowest BCUT2D eigenvalue weighted by Gasteiger charge is -2.59. The molecule has 1 fully saturated rings. The van der Waals surface area contributed by atoms with E-state index in [2.05, 4.69) is 0 Å². The third-order valence-corrected chi connectivity index (χ3v) is 6.41. The topological polar surface area (TPSA) is 101 Å². The third-order valence-electron chi connectivity index (χ3n) is 6.41. The van der Waals surface area contributed by atoms with E-state index in [1.54, 1.807) is 25.2 Å². The standard InChI is InChI=1S/C23H30O6/c1-5-6-7-8-9-11-18(25)29-17-14-16(15-24)23(28,20(26)27)22(4)13-10-12-21(2,3)19(17)22/h5-9,11,14-15,17,19,28H,10,12-13H2,1-4H3,(H,26,27). The Labute approximate surface area is 171 Å². The number of carboxylic acids is 1. The summed E-state index contributed by atoms with van der Waals surface area (Å²) in [7, 11) is 0. The number of hydrogen-bond donors (Lipinski definition) is 2. The molecule has 0 aromatic rings. The number of carbonyl (C=O) groups excluding carboxylic acids is 2. The molecule has 6 heteroatoms. The SMILES string of the molecule is CC=CC=CC=CC(=O)OC1C=C(C=O)C(O)(C(=O)O)C2(C)CCCC(C)(C)C12. The summed E-state index contributed by atoms with van der Waals surface area (Å²) >= 11 is 0. The van der Waals surface area contributed by atoms with Gasteiger partial charge in [0, 0.05) is 23.0 Å². The maximum atomic E-state index is 12.4. The van der Waals surface area contributed by atoms with Gasteiger partial charge >= 0.3 is 11.9 Å². The van der Waals surface area contributed by atoms with Crippen molar-refractivity contribution in [2.24, 2.45) is 16.7 Å². The molecule has 2 rings (SSSR count). The van der Waals surface area contributed by atoms with Crippen LogP contribution in [0.25, 0.3) is 0 Å². The van der Waals surface area contributed by atoms with Crippen LogP contribution in [0.2, 0.25) is 0 Å². The molecule has 6 nitrogen and oxygen atoms in total. The van der Waals surface area contributed by atoms with Crippen LogP contribution in [0.15, 0.2) is 48.1 Å².